The molecule has 0 saturated heterocycles. The van der Waals surface area contributed by atoms with Gasteiger partial charge >= 0.3 is 0 Å². The number of carbonyl (C=O) groups is 2. The molecule has 0 atom stereocenters. The molecule has 0 radical (unpaired) electrons. The van der Waals surface area contributed by atoms with Crippen LogP contribution in [0.2, 0.25) is 0 Å². The summed E-state index contributed by atoms with van der Waals surface area (Å²) >= 11 is 0. The Hall–Kier alpha value is -3.14. The van der Waals surface area contributed by atoms with Gasteiger partial charge in [-0.05, 0) is 28.7 Å². The molecule has 0 saturated carbocycles. The molecule has 0 heterocycles. The largest absolute Gasteiger partial charge is 0.351 e. The number of carbonyl (C=O) groups excluding carboxylic acids is 2. The SMILES string of the molecule is C=Cc1ccc(CNC(=O)C(CCC)C(=O)NCc2ccc(C=C)cc2)cc1. The van der Waals surface area contributed by atoms with Crippen LogP contribution in [-0.4, -0.2) is 11.8 Å². The van der Waals surface area contributed by atoms with E-state index in [0.717, 1.165) is 28.7 Å². The predicted octanol–water partition coefficient (Wildman–Crippen LogP) is 4.32. The molecular formula is C24H28N2O2. The number of hydrogen-bond donors (Lipinski definition) is 2. The molecule has 2 aromatic rings. The Labute approximate surface area is 167 Å². The molecule has 2 N–H and O–H groups in total. The van der Waals surface area contributed by atoms with Crippen LogP contribution in [0.15, 0.2) is 61.7 Å². The van der Waals surface area contributed by atoms with Gasteiger partial charge < -0.3 is 10.6 Å². The topological polar surface area (TPSA) is 58.2 Å². The van der Waals surface area contributed by atoms with Gasteiger partial charge in [0.05, 0.1) is 0 Å². The molecule has 28 heavy (non-hydrogen) atoms. The van der Waals surface area contributed by atoms with Gasteiger partial charge in [-0.25, -0.2) is 0 Å². The summed E-state index contributed by atoms with van der Waals surface area (Å²) < 4.78 is 0. The number of nitrogens with one attached hydrogen (secondary N) is 2. The maximum absolute atomic E-state index is 12.6. The lowest BCUT2D eigenvalue weighted by molar-refractivity contribution is -0.135. The predicted molar refractivity (Wildman–Crippen MR) is 115 cm³/mol. The molecule has 4 heteroatoms. The minimum absolute atomic E-state index is 0.242. The normalized spacial score (nSPS) is 10.4. The van der Waals surface area contributed by atoms with Gasteiger partial charge in [-0.3, -0.25) is 9.59 Å². The van der Waals surface area contributed by atoms with Crippen LogP contribution in [-0.2, 0) is 22.7 Å². The first-order valence-corrected chi connectivity index (χ1v) is 9.55. The highest BCUT2D eigenvalue weighted by Crippen LogP contribution is 2.11. The first-order chi connectivity index (χ1) is 13.6. The van der Waals surface area contributed by atoms with Crippen molar-refractivity contribution in [3.8, 4) is 0 Å². The van der Waals surface area contributed by atoms with Crippen molar-refractivity contribution in [3.63, 3.8) is 0 Å². The molecular weight excluding hydrogens is 348 g/mol. The van der Waals surface area contributed by atoms with Crippen molar-refractivity contribution in [2.24, 2.45) is 5.92 Å². The van der Waals surface area contributed by atoms with Gasteiger partial charge in [0.15, 0.2) is 0 Å². The van der Waals surface area contributed by atoms with Crippen LogP contribution in [0.4, 0.5) is 0 Å². The number of hydrogen-bond acceptors (Lipinski definition) is 2. The average Bonchev–Trinajstić information content (AvgIpc) is 2.74. The van der Waals surface area contributed by atoms with Crippen LogP contribution in [0.25, 0.3) is 12.2 Å². The van der Waals surface area contributed by atoms with Gasteiger partial charge in [-0.15, -0.1) is 0 Å². The maximum Gasteiger partial charge on any atom is 0.232 e. The highest BCUT2D eigenvalue weighted by atomic mass is 16.2. The first kappa shape index (κ1) is 21.2. The fourth-order valence-corrected chi connectivity index (χ4v) is 2.84. The molecule has 0 fully saturated rings. The van der Waals surface area contributed by atoms with Crippen molar-refractivity contribution >= 4 is 24.0 Å². The van der Waals surface area contributed by atoms with E-state index in [0.29, 0.717) is 19.5 Å². The van der Waals surface area contributed by atoms with Gasteiger partial charge in [-0.1, -0.05) is 87.2 Å². The quantitative estimate of drug-likeness (QED) is 0.607. The standard InChI is InChI=1S/C24H28N2O2/c1-4-7-22(23(27)25-16-20-12-8-18(5-2)9-13-20)24(28)26-17-21-14-10-19(6-3)11-15-21/h5-6,8-15,22H,2-4,7,16-17H2,1H3,(H,25,27)(H,26,28). The van der Waals surface area contributed by atoms with E-state index in [1.165, 1.54) is 0 Å². The van der Waals surface area contributed by atoms with Crippen molar-refractivity contribution in [1.29, 1.82) is 0 Å². The van der Waals surface area contributed by atoms with Crippen molar-refractivity contribution in [1.82, 2.24) is 10.6 Å². The van der Waals surface area contributed by atoms with Crippen molar-refractivity contribution in [2.45, 2.75) is 32.9 Å². The molecule has 0 aromatic heterocycles. The Bertz CT molecular complexity index is 740. The molecule has 0 spiro atoms. The summed E-state index contributed by atoms with van der Waals surface area (Å²) in [7, 11) is 0. The molecule has 2 aromatic carbocycles. The third-order valence-electron chi connectivity index (χ3n) is 4.57. The minimum atomic E-state index is -0.690. The summed E-state index contributed by atoms with van der Waals surface area (Å²) in [4.78, 5) is 25.1. The lowest BCUT2D eigenvalue weighted by Crippen LogP contribution is -2.40. The van der Waals surface area contributed by atoms with E-state index in [1.54, 1.807) is 12.2 Å². The number of benzene rings is 2. The summed E-state index contributed by atoms with van der Waals surface area (Å²) in [5, 5.41) is 5.76. The van der Waals surface area contributed by atoms with E-state index < -0.39 is 5.92 Å². The summed E-state index contributed by atoms with van der Waals surface area (Å²) in [5.41, 5.74) is 4.02. The average molecular weight is 377 g/mol. The van der Waals surface area contributed by atoms with Gasteiger partial charge in [0, 0.05) is 13.1 Å². The van der Waals surface area contributed by atoms with Gasteiger partial charge in [0.25, 0.3) is 0 Å². The van der Waals surface area contributed by atoms with Crippen LogP contribution in [0.5, 0.6) is 0 Å². The lowest BCUT2D eigenvalue weighted by atomic mass is 10.0. The van der Waals surface area contributed by atoms with Crippen molar-refractivity contribution < 1.29 is 9.59 Å². The Morgan fingerprint density at radius 2 is 1.21 bits per heavy atom. The van der Waals surface area contributed by atoms with Crippen LogP contribution >= 0.6 is 0 Å². The van der Waals surface area contributed by atoms with Crippen LogP contribution in [0.3, 0.4) is 0 Å². The Kier molecular flexibility index (Phi) is 8.22. The maximum atomic E-state index is 12.6. The highest BCUT2D eigenvalue weighted by Gasteiger charge is 2.25. The molecule has 0 aliphatic carbocycles. The molecule has 2 amide bonds. The number of amides is 2. The lowest BCUT2D eigenvalue weighted by Gasteiger charge is -2.16. The Balaban J connectivity index is 1.91. The zero-order chi connectivity index (χ0) is 20.4. The fraction of sp³-hybridized carbons (Fsp3) is 0.250. The van der Waals surface area contributed by atoms with Gasteiger partial charge in [0.2, 0.25) is 11.8 Å². The van der Waals surface area contributed by atoms with E-state index in [1.807, 2.05) is 55.5 Å². The Morgan fingerprint density at radius 1 is 0.821 bits per heavy atom. The van der Waals surface area contributed by atoms with Crippen LogP contribution in [0.1, 0.15) is 42.0 Å². The first-order valence-electron chi connectivity index (χ1n) is 9.55. The van der Waals surface area contributed by atoms with E-state index in [-0.39, 0.29) is 11.8 Å². The van der Waals surface area contributed by atoms with E-state index >= 15 is 0 Å². The number of rotatable bonds is 10. The third kappa shape index (κ3) is 6.23. The summed E-state index contributed by atoms with van der Waals surface area (Å²) in [6.45, 7) is 10.2. The summed E-state index contributed by atoms with van der Waals surface area (Å²) in [5.74, 6) is -1.17. The monoisotopic (exact) mass is 376 g/mol. The Morgan fingerprint density at radius 3 is 1.54 bits per heavy atom. The molecule has 0 bridgehead atoms. The molecule has 4 nitrogen and oxygen atoms in total. The van der Waals surface area contributed by atoms with Gasteiger partial charge in [-0.2, -0.15) is 0 Å². The zero-order valence-corrected chi connectivity index (χ0v) is 16.4. The van der Waals surface area contributed by atoms with Crippen molar-refractivity contribution in [3.05, 3.63) is 83.9 Å². The molecule has 146 valence electrons. The second-order valence-corrected chi connectivity index (χ2v) is 6.67. The fourth-order valence-electron chi connectivity index (χ4n) is 2.84. The van der Waals surface area contributed by atoms with Crippen molar-refractivity contribution in [2.75, 3.05) is 0 Å². The van der Waals surface area contributed by atoms with E-state index in [4.69, 9.17) is 0 Å². The second kappa shape index (κ2) is 10.9. The third-order valence-corrected chi connectivity index (χ3v) is 4.57. The van der Waals surface area contributed by atoms with Gasteiger partial charge in [0.1, 0.15) is 5.92 Å². The second-order valence-electron chi connectivity index (χ2n) is 6.67. The smallest absolute Gasteiger partial charge is 0.232 e. The zero-order valence-electron chi connectivity index (χ0n) is 16.4. The van der Waals surface area contributed by atoms with Crippen LogP contribution in [0, 0.1) is 5.92 Å². The highest BCUT2D eigenvalue weighted by molar-refractivity contribution is 6.00. The van der Waals surface area contributed by atoms with E-state index in [2.05, 4.69) is 23.8 Å². The molecule has 0 aliphatic rings. The van der Waals surface area contributed by atoms with Crippen LogP contribution < -0.4 is 10.6 Å². The summed E-state index contributed by atoms with van der Waals surface area (Å²) in [6.07, 6.45) is 4.82. The minimum Gasteiger partial charge on any atom is -0.351 e. The molecule has 0 unspecified atom stereocenters. The molecule has 0 aliphatic heterocycles. The summed E-state index contributed by atoms with van der Waals surface area (Å²) in [6, 6.07) is 15.6. The van der Waals surface area contributed by atoms with E-state index in [9.17, 15) is 9.59 Å². The molecule has 2 rings (SSSR count).